The van der Waals surface area contributed by atoms with E-state index in [1.165, 1.54) is 12.8 Å². The molecule has 16 heavy (non-hydrogen) atoms. The van der Waals surface area contributed by atoms with Crippen LogP contribution in [0.25, 0.3) is 0 Å². The van der Waals surface area contributed by atoms with Gasteiger partial charge in [-0.05, 0) is 20.8 Å². The first-order valence-corrected chi connectivity index (χ1v) is 5.66. The monoisotopic (exact) mass is 232 g/mol. The Hall–Kier alpha value is -1.06. The van der Waals surface area contributed by atoms with Crippen LogP contribution in [0.4, 0.5) is 0 Å². The SMILES string of the molecule is CC(C)(C)OC(=O)CCC(=O)O.CCCC. The molecule has 0 aromatic heterocycles. The molecule has 0 aromatic carbocycles. The van der Waals surface area contributed by atoms with Crippen LogP contribution in [-0.2, 0) is 14.3 Å². The van der Waals surface area contributed by atoms with E-state index >= 15 is 0 Å². The van der Waals surface area contributed by atoms with Crippen molar-refractivity contribution in [3.63, 3.8) is 0 Å². The van der Waals surface area contributed by atoms with E-state index in [2.05, 4.69) is 13.8 Å². The normalized spacial score (nSPS) is 10.1. The van der Waals surface area contributed by atoms with Crippen molar-refractivity contribution in [2.45, 2.75) is 65.9 Å². The van der Waals surface area contributed by atoms with Crippen LogP contribution in [0.2, 0.25) is 0 Å². The van der Waals surface area contributed by atoms with Gasteiger partial charge in [0.05, 0.1) is 12.8 Å². The molecule has 0 aromatic rings. The summed E-state index contributed by atoms with van der Waals surface area (Å²) in [5.41, 5.74) is -0.532. The summed E-state index contributed by atoms with van der Waals surface area (Å²) in [7, 11) is 0. The van der Waals surface area contributed by atoms with Crippen molar-refractivity contribution in [1.29, 1.82) is 0 Å². The van der Waals surface area contributed by atoms with Gasteiger partial charge in [0.25, 0.3) is 0 Å². The zero-order chi connectivity index (χ0) is 13.2. The zero-order valence-corrected chi connectivity index (χ0v) is 11.0. The Morgan fingerprint density at radius 3 is 1.75 bits per heavy atom. The second-order valence-corrected chi connectivity index (χ2v) is 4.48. The van der Waals surface area contributed by atoms with Gasteiger partial charge in [-0.25, -0.2) is 0 Å². The summed E-state index contributed by atoms with van der Waals surface area (Å²) in [4.78, 5) is 20.9. The number of ether oxygens (including phenoxy) is 1. The van der Waals surface area contributed by atoms with Crippen LogP contribution >= 0.6 is 0 Å². The molecule has 4 nitrogen and oxygen atoms in total. The van der Waals surface area contributed by atoms with Gasteiger partial charge in [0, 0.05) is 0 Å². The van der Waals surface area contributed by atoms with Gasteiger partial charge >= 0.3 is 11.9 Å². The number of hydrogen-bond acceptors (Lipinski definition) is 3. The Balaban J connectivity index is 0. The minimum atomic E-state index is -0.985. The van der Waals surface area contributed by atoms with Gasteiger partial charge in [-0.2, -0.15) is 0 Å². The molecule has 0 atom stereocenters. The fraction of sp³-hybridized carbons (Fsp3) is 0.833. The van der Waals surface area contributed by atoms with E-state index in [4.69, 9.17) is 9.84 Å². The van der Waals surface area contributed by atoms with E-state index in [9.17, 15) is 9.59 Å². The maximum absolute atomic E-state index is 10.9. The largest absolute Gasteiger partial charge is 0.481 e. The van der Waals surface area contributed by atoms with E-state index in [0.717, 1.165) is 0 Å². The van der Waals surface area contributed by atoms with Gasteiger partial charge < -0.3 is 9.84 Å². The molecule has 96 valence electrons. The predicted octanol–water partition coefficient (Wildman–Crippen LogP) is 3.00. The predicted molar refractivity (Wildman–Crippen MR) is 63.3 cm³/mol. The van der Waals surface area contributed by atoms with E-state index in [1.807, 2.05) is 0 Å². The number of aliphatic carboxylic acids is 1. The van der Waals surface area contributed by atoms with Crippen LogP contribution in [0.15, 0.2) is 0 Å². The molecule has 0 aliphatic rings. The Morgan fingerprint density at radius 2 is 1.50 bits per heavy atom. The third-order valence-electron chi connectivity index (χ3n) is 1.46. The summed E-state index contributed by atoms with van der Waals surface area (Å²) in [6.07, 6.45) is 2.40. The summed E-state index contributed by atoms with van der Waals surface area (Å²) < 4.78 is 4.89. The summed E-state index contributed by atoms with van der Waals surface area (Å²) >= 11 is 0. The maximum atomic E-state index is 10.9. The van der Waals surface area contributed by atoms with Crippen molar-refractivity contribution in [2.24, 2.45) is 0 Å². The number of esters is 1. The standard InChI is InChI=1S/C8H14O4.C4H10/c1-8(2,3)12-7(11)5-4-6(9)10;1-3-4-2/h4-5H2,1-3H3,(H,9,10);3-4H2,1-2H3. The molecule has 0 amide bonds. The summed E-state index contributed by atoms with van der Waals surface area (Å²) in [5, 5.41) is 8.25. The van der Waals surface area contributed by atoms with Crippen molar-refractivity contribution in [3.8, 4) is 0 Å². The van der Waals surface area contributed by atoms with E-state index < -0.39 is 17.5 Å². The van der Waals surface area contributed by atoms with Crippen molar-refractivity contribution < 1.29 is 19.4 Å². The quantitative estimate of drug-likeness (QED) is 0.757. The lowest BCUT2D eigenvalue weighted by Gasteiger charge is -2.18. The molecule has 0 rings (SSSR count). The smallest absolute Gasteiger partial charge is 0.306 e. The lowest BCUT2D eigenvalue weighted by atomic mass is 10.2. The van der Waals surface area contributed by atoms with Gasteiger partial charge in [0.15, 0.2) is 0 Å². The minimum Gasteiger partial charge on any atom is -0.481 e. The Labute approximate surface area is 98.0 Å². The van der Waals surface area contributed by atoms with Crippen LogP contribution in [0.1, 0.15) is 60.3 Å². The average Bonchev–Trinajstić information content (AvgIpc) is 2.12. The second-order valence-electron chi connectivity index (χ2n) is 4.48. The van der Waals surface area contributed by atoms with Crippen molar-refractivity contribution in [2.75, 3.05) is 0 Å². The number of unbranched alkanes of at least 4 members (excludes halogenated alkanes) is 1. The van der Waals surface area contributed by atoms with Crippen LogP contribution in [0, 0.1) is 0 Å². The van der Waals surface area contributed by atoms with Gasteiger partial charge in [0.1, 0.15) is 5.60 Å². The highest BCUT2D eigenvalue weighted by Gasteiger charge is 2.16. The molecule has 0 aliphatic carbocycles. The summed E-state index contributed by atoms with van der Waals surface area (Å²) in [6, 6.07) is 0. The molecular formula is C12H24O4. The molecule has 0 saturated carbocycles. The Kier molecular flexibility index (Phi) is 9.96. The lowest BCUT2D eigenvalue weighted by molar-refractivity contribution is -0.157. The van der Waals surface area contributed by atoms with Gasteiger partial charge in [-0.1, -0.05) is 26.7 Å². The molecule has 0 fully saturated rings. The lowest BCUT2D eigenvalue weighted by Crippen LogP contribution is -2.24. The highest BCUT2D eigenvalue weighted by molar-refractivity contribution is 5.76. The first-order chi connectivity index (χ1) is 7.22. The zero-order valence-electron chi connectivity index (χ0n) is 11.0. The van der Waals surface area contributed by atoms with E-state index in [-0.39, 0.29) is 12.8 Å². The summed E-state index contributed by atoms with van der Waals surface area (Å²) in [5.74, 6) is -1.45. The first-order valence-electron chi connectivity index (χ1n) is 5.66. The van der Waals surface area contributed by atoms with Crippen molar-refractivity contribution in [1.82, 2.24) is 0 Å². The third-order valence-corrected chi connectivity index (χ3v) is 1.46. The Morgan fingerprint density at radius 1 is 1.06 bits per heavy atom. The summed E-state index contributed by atoms with van der Waals surface area (Å²) in [6.45, 7) is 9.59. The van der Waals surface area contributed by atoms with Gasteiger partial charge in [-0.3, -0.25) is 9.59 Å². The van der Waals surface area contributed by atoms with Crippen LogP contribution in [0.5, 0.6) is 0 Å². The molecule has 1 N–H and O–H groups in total. The van der Waals surface area contributed by atoms with Crippen LogP contribution in [0.3, 0.4) is 0 Å². The average molecular weight is 232 g/mol. The van der Waals surface area contributed by atoms with Gasteiger partial charge in [0.2, 0.25) is 0 Å². The fourth-order valence-corrected chi connectivity index (χ4v) is 0.602. The number of carboxylic acids is 1. The molecule has 0 bridgehead atoms. The third kappa shape index (κ3) is 18.7. The second kappa shape index (κ2) is 9.19. The van der Waals surface area contributed by atoms with Gasteiger partial charge in [-0.15, -0.1) is 0 Å². The molecule has 4 heteroatoms. The van der Waals surface area contributed by atoms with E-state index in [1.54, 1.807) is 20.8 Å². The number of carbonyl (C=O) groups is 2. The number of rotatable bonds is 4. The number of carboxylic acid groups (broad SMARTS) is 1. The molecule has 0 radical (unpaired) electrons. The highest BCUT2D eigenvalue weighted by atomic mass is 16.6. The minimum absolute atomic E-state index is 0.0629. The molecular weight excluding hydrogens is 208 g/mol. The highest BCUT2D eigenvalue weighted by Crippen LogP contribution is 2.08. The molecule has 0 aliphatic heterocycles. The molecule has 0 unspecified atom stereocenters. The Bertz CT molecular complexity index is 202. The van der Waals surface area contributed by atoms with E-state index in [0.29, 0.717) is 0 Å². The topological polar surface area (TPSA) is 63.6 Å². The molecule has 0 spiro atoms. The first kappa shape index (κ1) is 17.3. The molecule has 0 saturated heterocycles. The number of hydrogen-bond donors (Lipinski definition) is 1. The van der Waals surface area contributed by atoms with Crippen molar-refractivity contribution in [3.05, 3.63) is 0 Å². The van der Waals surface area contributed by atoms with Crippen LogP contribution < -0.4 is 0 Å². The van der Waals surface area contributed by atoms with Crippen LogP contribution in [-0.4, -0.2) is 22.6 Å². The number of carbonyl (C=O) groups excluding carboxylic acids is 1. The fourth-order valence-electron chi connectivity index (χ4n) is 0.602. The maximum Gasteiger partial charge on any atom is 0.306 e. The van der Waals surface area contributed by atoms with Crippen molar-refractivity contribution >= 4 is 11.9 Å². The molecule has 0 heterocycles.